The molecule has 0 saturated carbocycles. The first-order valence-electron chi connectivity index (χ1n) is 7.75. The van der Waals surface area contributed by atoms with E-state index in [1.807, 2.05) is 18.2 Å². The highest BCUT2D eigenvalue weighted by molar-refractivity contribution is 5.42. The summed E-state index contributed by atoms with van der Waals surface area (Å²) in [4.78, 5) is 0. The molecule has 0 atom stereocenters. The molecule has 0 heterocycles. The summed E-state index contributed by atoms with van der Waals surface area (Å²) in [5, 5.41) is 0. The third kappa shape index (κ3) is 4.39. The van der Waals surface area contributed by atoms with E-state index in [9.17, 15) is 0 Å². The van der Waals surface area contributed by atoms with Gasteiger partial charge in [0.05, 0.1) is 7.11 Å². The summed E-state index contributed by atoms with van der Waals surface area (Å²) in [6.07, 6.45) is 0. The van der Waals surface area contributed by atoms with Gasteiger partial charge in [0.2, 0.25) is 0 Å². The van der Waals surface area contributed by atoms with Gasteiger partial charge in [-0.25, -0.2) is 0 Å². The number of benzene rings is 2. The Morgan fingerprint density at radius 3 is 2.26 bits per heavy atom. The number of hydrogen-bond acceptors (Lipinski definition) is 4. The molecule has 0 amide bonds. The number of nitrogens with two attached hydrogens (primary N) is 1. The predicted molar refractivity (Wildman–Crippen MR) is 92.5 cm³/mol. The zero-order valence-corrected chi connectivity index (χ0v) is 14.3. The molecule has 2 aromatic carbocycles. The zero-order valence-electron chi connectivity index (χ0n) is 14.3. The molecule has 0 unspecified atom stereocenters. The van der Waals surface area contributed by atoms with Gasteiger partial charge in [0.25, 0.3) is 0 Å². The van der Waals surface area contributed by atoms with Gasteiger partial charge in [0, 0.05) is 18.2 Å². The smallest absolute Gasteiger partial charge is 0.127 e. The van der Waals surface area contributed by atoms with Gasteiger partial charge in [0.1, 0.15) is 30.5 Å². The van der Waals surface area contributed by atoms with Crippen LogP contribution in [0.25, 0.3) is 0 Å². The summed E-state index contributed by atoms with van der Waals surface area (Å²) in [6, 6.07) is 9.86. The van der Waals surface area contributed by atoms with E-state index in [1.165, 1.54) is 16.7 Å². The lowest BCUT2D eigenvalue weighted by molar-refractivity contribution is 0.214. The second-order valence-corrected chi connectivity index (χ2v) is 5.58. The minimum Gasteiger partial charge on any atom is -0.497 e. The number of rotatable bonds is 7. The van der Waals surface area contributed by atoms with Crippen molar-refractivity contribution in [3.63, 3.8) is 0 Å². The molecule has 2 N–H and O–H groups in total. The molecule has 2 rings (SSSR count). The summed E-state index contributed by atoms with van der Waals surface area (Å²) in [7, 11) is 1.63. The third-order valence-electron chi connectivity index (χ3n) is 3.86. The second-order valence-electron chi connectivity index (χ2n) is 5.58. The molecule has 0 bridgehead atoms. The van der Waals surface area contributed by atoms with Crippen molar-refractivity contribution in [2.24, 2.45) is 5.73 Å². The minimum absolute atomic E-state index is 0.427. The lowest BCUT2D eigenvalue weighted by Crippen LogP contribution is -2.11. The number of methoxy groups -OCH3 is 1. The fraction of sp³-hybridized carbons (Fsp3) is 0.368. The van der Waals surface area contributed by atoms with E-state index in [0.717, 1.165) is 22.8 Å². The quantitative estimate of drug-likeness (QED) is 0.794. The van der Waals surface area contributed by atoms with E-state index in [-0.39, 0.29) is 0 Å². The van der Waals surface area contributed by atoms with E-state index >= 15 is 0 Å². The average molecular weight is 315 g/mol. The monoisotopic (exact) mass is 315 g/mol. The van der Waals surface area contributed by atoms with E-state index in [1.54, 1.807) is 7.11 Å². The molecule has 0 aliphatic carbocycles. The van der Waals surface area contributed by atoms with Crippen LogP contribution in [-0.4, -0.2) is 20.3 Å². The van der Waals surface area contributed by atoms with Crippen molar-refractivity contribution in [1.29, 1.82) is 0 Å². The minimum atomic E-state index is 0.427. The highest BCUT2D eigenvalue weighted by Gasteiger charge is 2.06. The van der Waals surface area contributed by atoms with Gasteiger partial charge in [-0.2, -0.15) is 0 Å². The molecule has 0 aliphatic heterocycles. The molecule has 0 spiro atoms. The largest absolute Gasteiger partial charge is 0.497 e. The first kappa shape index (κ1) is 17.2. The van der Waals surface area contributed by atoms with Crippen LogP contribution < -0.4 is 19.9 Å². The van der Waals surface area contributed by atoms with Crippen molar-refractivity contribution in [2.75, 3.05) is 20.3 Å². The Balaban J connectivity index is 1.96. The number of hydrogen-bond donors (Lipinski definition) is 1. The molecular weight excluding hydrogens is 290 g/mol. The fourth-order valence-electron chi connectivity index (χ4n) is 2.42. The predicted octanol–water partition coefficient (Wildman–Crippen LogP) is 3.54. The summed E-state index contributed by atoms with van der Waals surface area (Å²) in [5.74, 6) is 2.41. The van der Waals surface area contributed by atoms with Gasteiger partial charge in [-0.1, -0.05) is 12.1 Å². The summed E-state index contributed by atoms with van der Waals surface area (Å²) in [6.45, 7) is 7.59. The van der Waals surface area contributed by atoms with Crippen LogP contribution in [0.1, 0.15) is 22.3 Å². The van der Waals surface area contributed by atoms with Crippen molar-refractivity contribution in [3.8, 4) is 17.2 Å². The van der Waals surface area contributed by atoms with Gasteiger partial charge < -0.3 is 19.9 Å². The van der Waals surface area contributed by atoms with E-state index in [4.69, 9.17) is 19.9 Å². The number of ether oxygens (including phenoxy) is 3. The van der Waals surface area contributed by atoms with Crippen LogP contribution in [0, 0.1) is 20.8 Å². The number of aryl methyl sites for hydroxylation is 2. The van der Waals surface area contributed by atoms with Crippen molar-refractivity contribution < 1.29 is 14.2 Å². The maximum Gasteiger partial charge on any atom is 0.127 e. The third-order valence-corrected chi connectivity index (χ3v) is 3.86. The fourth-order valence-corrected chi connectivity index (χ4v) is 2.42. The van der Waals surface area contributed by atoms with Crippen LogP contribution >= 0.6 is 0 Å². The molecule has 0 aromatic heterocycles. The lowest BCUT2D eigenvalue weighted by Gasteiger charge is -2.14. The zero-order chi connectivity index (χ0) is 16.8. The molecule has 4 nitrogen and oxygen atoms in total. The Morgan fingerprint density at radius 1 is 0.913 bits per heavy atom. The molecule has 2 aromatic rings. The Bertz CT molecular complexity index is 668. The molecule has 124 valence electrons. The molecule has 4 heteroatoms. The van der Waals surface area contributed by atoms with Gasteiger partial charge >= 0.3 is 0 Å². The lowest BCUT2D eigenvalue weighted by atomic mass is 10.1. The van der Waals surface area contributed by atoms with Crippen LogP contribution in [0.4, 0.5) is 0 Å². The van der Waals surface area contributed by atoms with E-state index < -0.39 is 0 Å². The Hall–Kier alpha value is -2.20. The van der Waals surface area contributed by atoms with Crippen molar-refractivity contribution in [1.82, 2.24) is 0 Å². The molecule has 23 heavy (non-hydrogen) atoms. The van der Waals surface area contributed by atoms with Crippen LogP contribution in [0.3, 0.4) is 0 Å². The average Bonchev–Trinajstić information content (AvgIpc) is 2.55. The Kier molecular flexibility index (Phi) is 5.88. The van der Waals surface area contributed by atoms with Crippen LogP contribution in [0.15, 0.2) is 30.3 Å². The normalized spacial score (nSPS) is 10.5. The van der Waals surface area contributed by atoms with Gasteiger partial charge in [0.15, 0.2) is 0 Å². The van der Waals surface area contributed by atoms with Crippen molar-refractivity contribution in [2.45, 2.75) is 27.3 Å². The van der Waals surface area contributed by atoms with Gasteiger partial charge in [-0.15, -0.1) is 0 Å². The van der Waals surface area contributed by atoms with Gasteiger partial charge in [-0.3, -0.25) is 0 Å². The van der Waals surface area contributed by atoms with Crippen LogP contribution in [-0.2, 0) is 6.54 Å². The van der Waals surface area contributed by atoms with E-state index in [0.29, 0.717) is 19.8 Å². The summed E-state index contributed by atoms with van der Waals surface area (Å²) in [5.41, 5.74) is 10.3. The highest BCUT2D eigenvalue weighted by atomic mass is 16.5. The molecule has 0 aliphatic rings. The standard InChI is InChI=1S/C19H25NO3/c1-13-9-14(2)15(3)18(10-13)22-7-8-23-19-11-17(21-4)6-5-16(19)12-20/h5-6,9-11H,7-8,12,20H2,1-4H3. The Labute approximate surface area is 138 Å². The topological polar surface area (TPSA) is 53.7 Å². The Morgan fingerprint density at radius 2 is 1.61 bits per heavy atom. The SMILES string of the molecule is COc1ccc(CN)c(OCCOc2cc(C)cc(C)c2C)c1. The summed E-state index contributed by atoms with van der Waals surface area (Å²) >= 11 is 0. The highest BCUT2D eigenvalue weighted by Crippen LogP contribution is 2.25. The molecule has 0 fully saturated rings. The van der Waals surface area contributed by atoms with E-state index in [2.05, 4.69) is 32.9 Å². The van der Waals surface area contributed by atoms with Crippen LogP contribution in [0.5, 0.6) is 17.2 Å². The molecular formula is C19H25NO3. The van der Waals surface area contributed by atoms with Crippen LogP contribution in [0.2, 0.25) is 0 Å². The molecule has 0 saturated heterocycles. The first-order chi connectivity index (χ1) is 11.0. The van der Waals surface area contributed by atoms with Gasteiger partial charge in [-0.05, 0) is 49.6 Å². The van der Waals surface area contributed by atoms with Crippen molar-refractivity contribution >= 4 is 0 Å². The first-order valence-corrected chi connectivity index (χ1v) is 7.75. The maximum absolute atomic E-state index is 5.86. The summed E-state index contributed by atoms with van der Waals surface area (Å²) < 4.78 is 16.9. The van der Waals surface area contributed by atoms with Crippen molar-refractivity contribution in [3.05, 3.63) is 52.6 Å². The molecule has 0 radical (unpaired) electrons. The maximum atomic E-state index is 5.86. The second kappa shape index (κ2) is 7.88.